The van der Waals surface area contributed by atoms with Crippen molar-refractivity contribution in [2.75, 3.05) is 59.0 Å². The molecule has 3 rings (SSSR count). The molecule has 0 saturated carbocycles. The number of nitrogens with zero attached hydrogens (tertiary/aromatic N) is 3. The van der Waals surface area contributed by atoms with Crippen LogP contribution in [0.15, 0.2) is 35.3 Å². The summed E-state index contributed by atoms with van der Waals surface area (Å²) in [5.41, 5.74) is 1.41. The van der Waals surface area contributed by atoms with Crippen molar-refractivity contribution in [3.63, 3.8) is 0 Å². The highest BCUT2D eigenvalue weighted by atomic mass is 16.5. The molecule has 162 valence electrons. The van der Waals surface area contributed by atoms with Gasteiger partial charge in [-0.2, -0.15) is 0 Å². The third-order valence-corrected chi connectivity index (χ3v) is 5.78. The summed E-state index contributed by atoms with van der Waals surface area (Å²) in [5, 5.41) is 7.09. The summed E-state index contributed by atoms with van der Waals surface area (Å²) in [6.45, 7) is 12.4. The molecule has 2 saturated heterocycles. The second-order valence-electron chi connectivity index (χ2n) is 8.10. The Morgan fingerprint density at radius 1 is 1.03 bits per heavy atom. The van der Waals surface area contributed by atoms with E-state index >= 15 is 0 Å². The predicted molar refractivity (Wildman–Crippen MR) is 120 cm³/mol. The zero-order valence-corrected chi connectivity index (χ0v) is 18.1. The highest BCUT2D eigenvalue weighted by molar-refractivity contribution is 5.80. The molecule has 0 unspecified atom stereocenters. The highest BCUT2D eigenvalue weighted by Crippen LogP contribution is 2.13. The second-order valence-corrected chi connectivity index (χ2v) is 8.10. The number of nitrogens with one attached hydrogen (secondary N) is 2. The van der Waals surface area contributed by atoms with Gasteiger partial charge >= 0.3 is 0 Å². The highest BCUT2D eigenvalue weighted by Gasteiger charge is 2.20. The number of unbranched alkanes of at least 4 members (excludes halogenated alkanes) is 1. The molecule has 2 fully saturated rings. The summed E-state index contributed by atoms with van der Waals surface area (Å²) in [5.74, 6) is 0.986. The smallest absolute Gasteiger partial charge is 0.191 e. The first-order chi connectivity index (χ1) is 14.3. The molecule has 0 radical (unpaired) electrons. The van der Waals surface area contributed by atoms with E-state index in [1.165, 1.54) is 31.4 Å². The summed E-state index contributed by atoms with van der Waals surface area (Å²) in [6, 6.07) is 11.3. The molecule has 0 aliphatic carbocycles. The SMILES string of the molecule is CCNC(=NCCCCN1CCOCC1)NC1CCN(Cc2ccccc2)CC1. The lowest BCUT2D eigenvalue weighted by Gasteiger charge is -2.33. The van der Waals surface area contributed by atoms with E-state index in [1.807, 2.05) is 0 Å². The minimum Gasteiger partial charge on any atom is -0.379 e. The normalized spacial score (nSPS) is 20.0. The molecule has 2 aliphatic heterocycles. The van der Waals surface area contributed by atoms with Gasteiger partial charge in [-0.1, -0.05) is 30.3 Å². The van der Waals surface area contributed by atoms with Crippen LogP contribution in [0.25, 0.3) is 0 Å². The molecule has 6 nitrogen and oxygen atoms in total. The Hall–Kier alpha value is -1.63. The van der Waals surface area contributed by atoms with Gasteiger partial charge in [0.25, 0.3) is 0 Å². The fourth-order valence-electron chi connectivity index (χ4n) is 4.05. The van der Waals surface area contributed by atoms with Crippen molar-refractivity contribution in [3.8, 4) is 0 Å². The van der Waals surface area contributed by atoms with Crippen molar-refractivity contribution in [2.45, 2.75) is 45.2 Å². The summed E-state index contributed by atoms with van der Waals surface area (Å²) in [7, 11) is 0. The van der Waals surface area contributed by atoms with Gasteiger partial charge in [0.05, 0.1) is 13.2 Å². The average Bonchev–Trinajstić information content (AvgIpc) is 2.76. The molecule has 2 aliphatic rings. The van der Waals surface area contributed by atoms with Crippen LogP contribution in [-0.2, 0) is 11.3 Å². The molecule has 0 amide bonds. The number of rotatable bonds is 9. The van der Waals surface area contributed by atoms with E-state index < -0.39 is 0 Å². The number of likely N-dealkylation sites (tertiary alicyclic amines) is 1. The molecule has 0 bridgehead atoms. The Bertz CT molecular complexity index is 580. The summed E-state index contributed by atoms with van der Waals surface area (Å²) in [4.78, 5) is 9.87. The Morgan fingerprint density at radius 2 is 1.79 bits per heavy atom. The fraction of sp³-hybridized carbons (Fsp3) is 0.696. The van der Waals surface area contributed by atoms with E-state index in [4.69, 9.17) is 9.73 Å². The minimum atomic E-state index is 0.521. The first kappa shape index (κ1) is 22.1. The van der Waals surface area contributed by atoms with Crippen molar-refractivity contribution in [3.05, 3.63) is 35.9 Å². The Morgan fingerprint density at radius 3 is 2.52 bits per heavy atom. The molecule has 2 heterocycles. The van der Waals surface area contributed by atoms with E-state index in [1.54, 1.807) is 0 Å². The van der Waals surface area contributed by atoms with Crippen LogP contribution in [0.3, 0.4) is 0 Å². The number of guanidine groups is 1. The van der Waals surface area contributed by atoms with E-state index in [-0.39, 0.29) is 0 Å². The molecule has 0 spiro atoms. The van der Waals surface area contributed by atoms with Crippen molar-refractivity contribution in [2.24, 2.45) is 4.99 Å². The van der Waals surface area contributed by atoms with Crippen molar-refractivity contribution >= 4 is 5.96 Å². The van der Waals surface area contributed by atoms with Gasteiger partial charge in [-0.25, -0.2) is 0 Å². The molecule has 0 aromatic heterocycles. The van der Waals surface area contributed by atoms with Gasteiger partial charge in [0.15, 0.2) is 5.96 Å². The van der Waals surface area contributed by atoms with Crippen LogP contribution in [0.5, 0.6) is 0 Å². The number of piperidine rings is 1. The van der Waals surface area contributed by atoms with Crippen molar-refractivity contribution < 1.29 is 4.74 Å². The van der Waals surface area contributed by atoms with Gasteiger partial charge in [-0.3, -0.25) is 14.8 Å². The number of morpholine rings is 1. The molecule has 0 atom stereocenters. The lowest BCUT2D eigenvalue weighted by atomic mass is 10.0. The van der Waals surface area contributed by atoms with Gasteiger partial charge < -0.3 is 15.4 Å². The molecule has 1 aromatic rings. The predicted octanol–water partition coefficient (Wildman–Crippen LogP) is 2.32. The third-order valence-electron chi connectivity index (χ3n) is 5.78. The van der Waals surface area contributed by atoms with Crippen LogP contribution < -0.4 is 10.6 Å². The molecular formula is C23H39N5O. The molecular weight excluding hydrogens is 362 g/mol. The van der Waals surface area contributed by atoms with Crippen LogP contribution in [0.1, 0.15) is 38.2 Å². The van der Waals surface area contributed by atoms with Crippen LogP contribution in [0.2, 0.25) is 0 Å². The monoisotopic (exact) mass is 401 g/mol. The second kappa shape index (κ2) is 12.8. The largest absolute Gasteiger partial charge is 0.379 e. The Labute approximate surface area is 176 Å². The number of benzene rings is 1. The van der Waals surface area contributed by atoms with Crippen molar-refractivity contribution in [1.29, 1.82) is 0 Å². The van der Waals surface area contributed by atoms with Crippen LogP contribution >= 0.6 is 0 Å². The molecule has 6 heteroatoms. The fourth-order valence-corrected chi connectivity index (χ4v) is 4.05. The lowest BCUT2D eigenvalue weighted by molar-refractivity contribution is 0.0373. The van der Waals surface area contributed by atoms with Gasteiger partial charge in [0.2, 0.25) is 0 Å². The summed E-state index contributed by atoms with van der Waals surface area (Å²) < 4.78 is 5.41. The van der Waals surface area contributed by atoms with Gasteiger partial charge in [-0.15, -0.1) is 0 Å². The zero-order valence-electron chi connectivity index (χ0n) is 18.1. The topological polar surface area (TPSA) is 52.1 Å². The van der Waals surface area contributed by atoms with E-state index in [9.17, 15) is 0 Å². The molecule has 1 aromatic carbocycles. The number of ether oxygens (including phenoxy) is 1. The molecule has 2 N–H and O–H groups in total. The Balaban J connectivity index is 1.33. The lowest BCUT2D eigenvalue weighted by Crippen LogP contribution is -2.48. The maximum Gasteiger partial charge on any atom is 0.191 e. The van der Waals surface area contributed by atoms with E-state index in [0.29, 0.717) is 6.04 Å². The van der Waals surface area contributed by atoms with Crippen LogP contribution in [-0.4, -0.2) is 80.8 Å². The summed E-state index contributed by atoms with van der Waals surface area (Å²) in [6.07, 6.45) is 4.70. The minimum absolute atomic E-state index is 0.521. The maximum atomic E-state index is 5.41. The van der Waals surface area contributed by atoms with Gasteiger partial charge in [-0.05, 0) is 44.7 Å². The third kappa shape index (κ3) is 8.33. The summed E-state index contributed by atoms with van der Waals surface area (Å²) >= 11 is 0. The van der Waals surface area contributed by atoms with Gasteiger partial charge in [0, 0.05) is 51.9 Å². The maximum absolute atomic E-state index is 5.41. The molecule has 29 heavy (non-hydrogen) atoms. The van der Waals surface area contributed by atoms with Crippen LogP contribution in [0.4, 0.5) is 0 Å². The standard InChI is InChI=1S/C23H39N5O/c1-2-24-23(25-12-6-7-13-27-16-18-29-19-17-27)26-22-10-14-28(15-11-22)20-21-8-4-3-5-9-21/h3-5,8-9,22H,2,6-7,10-20H2,1H3,(H2,24,25,26). The average molecular weight is 402 g/mol. The van der Waals surface area contributed by atoms with Crippen LogP contribution in [0, 0.1) is 0 Å². The first-order valence-corrected chi connectivity index (χ1v) is 11.4. The Kier molecular flexibility index (Phi) is 9.76. The number of hydrogen-bond acceptors (Lipinski definition) is 4. The quantitative estimate of drug-likeness (QED) is 0.378. The van der Waals surface area contributed by atoms with Gasteiger partial charge in [0.1, 0.15) is 0 Å². The first-order valence-electron chi connectivity index (χ1n) is 11.4. The van der Waals surface area contributed by atoms with Crippen molar-refractivity contribution in [1.82, 2.24) is 20.4 Å². The number of aliphatic imine (C=N–C) groups is 1. The zero-order chi connectivity index (χ0) is 20.2. The van der Waals surface area contributed by atoms with E-state index in [2.05, 4.69) is 57.7 Å². The van der Waals surface area contributed by atoms with E-state index in [0.717, 1.165) is 71.4 Å². The number of hydrogen-bond donors (Lipinski definition) is 2.